The van der Waals surface area contributed by atoms with Crippen molar-refractivity contribution in [1.29, 1.82) is 0 Å². The maximum atomic E-state index is 13.3. The van der Waals surface area contributed by atoms with E-state index in [9.17, 15) is 8.78 Å². The van der Waals surface area contributed by atoms with Crippen molar-refractivity contribution in [2.75, 3.05) is 0 Å². The molecule has 1 aromatic heterocycles. The smallest absolute Gasteiger partial charge is 0.263 e. The van der Waals surface area contributed by atoms with Crippen LogP contribution in [0.2, 0.25) is 0 Å². The molecule has 1 atom stereocenters. The summed E-state index contributed by atoms with van der Waals surface area (Å²) in [5.74, 6) is -1.88. The SMILES string of the molecule is CC(O)c1noc(-c2c(F)cccc2F)n1. The number of nitrogens with zero attached hydrogens (tertiary/aromatic N) is 2. The number of hydrogen-bond donors (Lipinski definition) is 1. The zero-order valence-electron chi connectivity index (χ0n) is 8.32. The average molecular weight is 226 g/mol. The molecule has 2 aromatic rings. The number of aliphatic hydroxyl groups is 1. The van der Waals surface area contributed by atoms with Gasteiger partial charge >= 0.3 is 0 Å². The van der Waals surface area contributed by atoms with E-state index in [0.717, 1.165) is 12.1 Å². The standard InChI is InChI=1S/C10H8F2N2O2/c1-5(15)9-13-10(16-14-9)8-6(11)3-2-4-7(8)12/h2-5,15H,1H3. The largest absolute Gasteiger partial charge is 0.385 e. The lowest BCUT2D eigenvalue weighted by molar-refractivity contribution is 0.184. The molecule has 1 N–H and O–H groups in total. The van der Waals surface area contributed by atoms with Gasteiger partial charge in [0, 0.05) is 0 Å². The quantitative estimate of drug-likeness (QED) is 0.851. The first-order valence-corrected chi connectivity index (χ1v) is 4.55. The molecular formula is C10H8F2N2O2. The van der Waals surface area contributed by atoms with Crippen LogP contribution in [0, 0.1) is 11.6 Å². The molecule has 1 unspecified atom stereocenters. The second-order valence-electron chi connectivity index (χ2n) is 3.23. The molecule has 84 valence electrons. The van der Waals surface area contributed by atoms with Gasteiger partial charge in [0.05, 0.1) is 0 Å². The van der Waals surface area contributed by atoms with Crippen LogP contribution < -0.4 is 0 Å². The van der Waals surface area contributed by atoms with Crippen molar-refractivity contribution in [3.05, 3.63) is 35.7 Å². The van der Waals surface area contributed by atoms with Gasteiger partial charge in [-0.3, -0.25) is 0 Å². The van der Waals surface area contributed by atoms with Gasteiger partial charge in [0.15, 0.2) is 5.82 Å². The van der Waals surface area contributed by atoms with Crippen molar-refractivity contribution >= 4 is 0 Å². The van der Waals surface area contributed by atoms with Gasteiger partial charge < -0.3 is 9.63 Å². The van der Waals surface area contributed by atoms with Gasteiger partial charge in [-0.2, -0.15) is 4.98 Å². The summed E-state index contributed by atoms with van der Waals surface area (Å²) in [5.41, 5.74) is -0.387. The lowest BCUT2D eigenvalue weighted by atomic mass is 10.2. The normalized spacial score (nSPS) is 12.8. The van der Waals surface area contributed by atoms with E-state index in [1.165, 1.54) is 13.0 Å². The van der Waals surface area contributed by atoms with Gasteiger partial charge in [0.2, 0.25) is 0 Å². The average Bonchev–Trinajstić information content (AvgIpc) is 2.66. The maximum absolute atomic E-state index is 13.3. The van der Waals surface area contributed by atoms with Gasteiger partial charge in [-0.15, -0.1) is 0 Å². The Labute approximate surface area is 89.5 Å². The first-order valence-electron chi connectivity index (χ1n) is 4.55. The van der Waals surface area contributed by atoms with Crippen LogP contribution in [0.4, 0.5) is 8.78 Å². The van der Waals surface area contributed by atoms with Crippen LogP contribution in [-0.2, 0) is 0 Å². The number of aliphatic hydroxyl groups excluding tert-OH is 1. The van der Waals surface area contributed by atoms with Crippen LogP contribution in [0.15, 0.2) is 22.7 Å². The fraction of sp³-hybridized carbons (Fsp3) is 0.200. The highest BCUT2D eigenvalue weighted by Crippen LogP contribution is 2.25. The summed E-state index contributed by atoms with van der Waals surface area (Å²) in [7, 11) is 0. The predicted molar refractivity (Wildman–Crippen MR) is 50.3 cm³/mol. The highest BCUT2D eigenvalue weighted by Gasteiger charge is 2.19. The van der Waals surface area contributed by atoms with Crippen molar-refractivity contribution in [3.63, 3.8) is 0 Å². The fourth-order valence-corrected chi connectivity index (χ4v) is 1.21. The molecule has 4 nitrogen and oxygen atoms in total. The number of rotatable bonds is 2. The van der Waals surface area contributed by atoms with Crippen molar-refractivity contribution in [3.8, 4) is 11.5 Å². The third-order valence-corrected chi connectivity index (χ3v) is 1.99. The van der Waals surface area contributed by atoms with Crippen LogP contribution in [0.25, 0.3) is 11.5 Å². The van der Waals surface area contributed by atoms with Crippen LogP contribution in [0.5, 0.6) is 0 Å². The Hall–Kier alpha value is -1.82. The van der Waals surface area contributed by atoms with E-state index in [2.05, 4.69) is 14.7 Å². The number of halogens is 2. The van der Waals surface area contributed by atoms with Gasteiger partial charge in [-0.05, 0) is 19.1 Å². The van der Waals surface area contributed by atoms with E-state index in [0.29, 0.717) is 0 Å². The summed E-state index contributed by atoms with van der Waals surface area (Å²) >= 11 is 0. The Bertz CT molecular complexity index is 491. The van der Waals surface area contributed by atoms with E-state index >= 15 is 0 Å². The summed E-state index contributed by atoms with van der Waals surface area (Å²) < 4.78 is 31.3. The first-order chi connectivity index (χ1) is 7.59. The van der Waals surface area contributed by atoms with Crippen LogP contribution in [0.3, 0.4) is 0 Å². The van der Waals surface area contributed by atoms with Crippen LogP contribution in [0.1, 0.15) is 18.9 Å². The zero-order valence-corrected chi connectivity index (χ0v) is 8.32. The van der Waals surface area contributed by atoms with Crippen LogP contribution >= 0.6 is 0 Å². The number of hydrogen-bond acceptors (Lipinski definition) is 4. The van der Waals surface area contributed by atoms with E-state index < -0.39 is 17.7 Å². The van der Waals surface area contributed by atoms with Crippen molar-refractivity contribution in [2.24, 2.45) is 0 Å². The minimum atomic E-state index is -0.952. The van der Waals surface area contributed by atoms with Crippen LogP contribution in [-0.4, -0.2) is 15.2 Å². The summed E-state index contributed by atoms with van der Waals surface area (Å²) in [6.07, 6.45) is -0.952. The molecule has 6 heteroatoms. The molecule has 1 aromatic carbocycles. The van der Waals surface area contributed by atoms with Crippen molar-refractivity contribution < 1.29 is 18.4 Å². The summed E-state index contributed by atoms with van der Waals surface area (Å²) in [6, 6.07) is 3.41. The molecule has 0 aliphatic rings. The van der Waals surface area contributed by atoms with Gasteiger partial charge in [0.25, 0.3) is 5.89 Å². The minimum absolute atomic E-state index is 0.0161. The van der Waals surface area contributed by atoms with E-state index in [1.807, 2.05) is 0 Å². The molecule has 0 aliphatic carbocycles. The van der Waals surface area contributed by atoms with E-state index in [-0.39, 0.29) is 17.3 Å². The summed E-state index contributed by atoms with van der Waals surface area (Å²) in [5, 5.41) is 12.6. The predicted octanol–water partition coefficient (Wildman–Crippen LogP) is 2.07. The Morgan fingerprint density at radius 3 is 2.44 bits per heavy atom. The summed E-state index contributed by atoms with van der Waals surface area (Å²) in [6.45, 7) is 1.42. The molecule has 0 radical (unpaired) electrons. The second-order valence-corrected chi connectivity index (χ2v) is 3.23. The number of aromatic nitrogens is 2. The van der Waals surface area contributed by atoms with E-state index in [1.54, 1.807) is 0 Å². The lowest BCUT2D eigenvalue weighted by Gasteiger charge is -1.98. The second kappa shape index (κ2) is 3.97. The Kier molecular flexibility index (Phi) is 2.66. The van der Waals surface area contributed by atoms with E-state index in [4.69, 9.17) is 5.11 Å². The van der Waals surface area contributed by atoms with Gasteiger partial charge in [0.1, 0.15) is 23.3 Å². The minimum Gasteiger partial charge on any atom is -0.385 e. The molecule has 0 saturated heterocycles. The highest BCUT2D eigenvalue weighted by molar-refractivity contribution is 5.54. The molecule has 0 bridgehead atoms. The van der Waals surface area contributed by atoms with Gasteiger partial charge in [-0.25, -0.2) is 8.78 Å². The Balaban J connectivity index is 2.50. The van der Waals surface area contributed by atoms with Gasteiger partial charge in [-0.1, -0.05) is 11.2 Å². The molecule has 0 saturated carbocycles. The molecule has 0 aliphatic heterocycles. The monoisotopic (exact) mass is 226 g/mol. The molecular weight excluding hydrogens is 218 g/mol. The maximum Gasteiger partial charge on any atom is 0.263 e. The first kappa shape index (κ1) is 10.7. The highest BCUT2D eigenvalue weighted by atomic mass is 19.1. The van der Waals surface area contributed by atoms with Crippen molar-refractivity contribution in [1.82, 2.24) is 10.1 Å². The molecule has 16 heavy (non-hydrogen) atoms. The topological polar surface area (TPSA) is 59.2 Å². The lowest BCUT2D eigenvalue weighted by Crippen LogP contribution is -1.94. The Morgan fingerprint density at radius 2 is 1.94 bits per heavy atom. The molecule has 0 spiro atoms. The number of benzene rings is 1. The Morgan fingerprint density at radius 1 is 1.31 bits per heavy atom. The molecule has 0 fully saturated rings. The third kappa shape index (κ3) is 1.79. The summed E-state index contributed by atoms with van der Waals surface area (Å²) in [4.78, 5) is 3.69. The molecule has 0 amide bonds. The fourth-order valence-electron chi connectivity index (χ4n) is 1.21. The third-order valence-electron chi connectivity index (χ3n) is 1.99. The van der Waals surface area contributed by atoms with Crippen molar-refractivity contribution in [2.45, 2.75) is 13.0 Å². The molecule has 1 heterocycles. The molecule has 2 rings (SSSR count). The zero-order chi connectivity index (χ0) is 11.7.